The Balaban J connectivity index is 0.000000326. The van der Waals surface area contributed by atoms with Crippen LogP contribution in [-0.4, -0.2) is 22.2 Å². The molecule has 0 aliphatic rings. The van der Waals surface area contributed by atoms with E-state index in [0.717, 1.165) is 5.92 Å². The third-order valence-electron chi connectivity index (χ3n) is 2.04. The van der Waals surface area contributed by atoms with Crippen LogP contribution in [0.1, 0.15) is 41.5 Å². The number of benzene rings is 2. The Morgan fingerprint density at radius 2 is 0.909 bits per heavy atom. The second kappa shape index (κ2) is 11.1. The molecule has 0 saturated carbocycles. The summed E-state index contributed by atoms with van der Waals surface area (Å²) >= 11 is 0. The van der Waals surface area contributed by atoms with Gasteiger partial charge in [0.05, 0.1) is 11.1 Å². The number of carbonyl (C=O) groups is 2. The second-order valence-corrected chi connectivity index (χ2v) is 5.07. The molecular formula is C18H22O4. The van der Waals surface area contributed by atoms with Gasteiger partial charge < -0.3 is 10.2 Å². The van der Waals surface area contributed by atoms with E-state index in [4.69, 9.17) is 10.2 Å². The molecule has 2 aromatic rings. The number of rotatable bonds is 2. The summed E-state index contributed by atoms with van der Waals surface area (Å²) in [5.41, 5.74) is 0.662. The molecule has 0 unspecified atom stereocenters. The maximum atomic E-state index is 10.2. The molecule has 0 saturated heterocycles. The molecule has 2 rings (SSSR count). The smallest absolute Gasteiger partial charge is 0.335 e. The topological polar surface area (TPSA) is 74.6 Å². The van der Waals surface area contributed by atoms with E-state index >= 15 is 0 Å². The minimum Gasteiger partial charge on any atom is -0.478 e. The molecular weight excluding hydrogens is 280 g/mol. The molecule has 22 heavy (non-hydrogen) atoms. The predicted octanol–water partition coefficient (Wildman–Crippen LogP) is 4.43. The van der Waals surface area contributed by atoms with Gasteiger partial charge in [-0.05, 0) is 30.2 Å². The Morgan fingerprint density at radius 3 is 1.05 bits per heavy atom. The molecule has 0 aliphatic heterocycles. The van der Waals surface area contributed by atoms with Gasteiger partial charge >= 0.3 is 11.9 Å². The lowest BCUT2D eigenvalue weighted by atomic mass is 10.2. The number of aromatic carboxylic acids is 2. The fourth-order valence-corrected chi connectivity index (χ4v) is 1.16. The molecule has 0 amide bonds. The van der Waals surface area contributed by atoms with Gasteiger partial charge in [-0.3, -0.25) is 0 Å². The lowest BCUT2D eigenvalue weighted by Gasteiger charge is -1.88. The summed E-state index contributed by atoms with van der Waals surface area (Å²) in [4.78, 5) is 20.4. The van der Waals surface area contributed by atoms with Crippen molar-refractivity contribution in [1.82, 2.24) is 0 Å². The van der Waals surface area contributed by atoms with Crippen LogP contribution in [-0.2, 0) is 0 Å². The summed E-state index contributed by atoms with van der Waals surface area (Å²) in [6.07, 6.45) is 0. The zero-order valence-corrected chi connectivity index (χ0v) is 13.1. The van der Waals surface area contributed by atoms with Gasteiger partial charge in [-0.2, -0.15) is 0 Å². The summed E-state index contributed by atoms with van der Waals surface area (Å²) in [6.45, 7) is 6.50. The average molecular weight is 302 g/mol. The van der Waals surface area contributed by atoms with E-state index in [2.05, 4.69) is 20.8 Å². The Morgan fingerprint density at radius 1 is 0.682 bits per heavy atom. The van der Waals surface area contributed by atoms with E-state index in [1.54, 1.807) is 60.7 Å². The highest BCUT2D eigenvalue weighted by Crippen LogP contribution is 1.96. The molecule has 0 spiro atoms. The Kier molecular flexibility index (Phi) is 9.76. The number of carboxylic acids is 2. The van der Waals surface area contributed by atoms with Crippen LogP contribution in [0, 0.1) is 5.92 Å². The highest BCUT2D eigenvalue weighted by atomic mass is 16.4. The van der Waals surface area contributed by atoms with Gasteiger partial charge in [0.2, 0.25) is 0 Å². The van der Waals surface area contributed by atoms with Crippen LogP contribution in [0.15, 0.2) is 60.7 Å². The van der Waals surface area contributed by atoms with Crippen LogP contribution in [0.25, 0.3) is 0 Å². The molecule has 0 aromatic heterocycles. The second-order valence-electron chi connectivity index (χ2n) is 5.07. The third-order valence-corrected chi connectivity index (χ3v) is 2.04. The van der Waals surface area contributed by atoms with Crippen LogP contribution < -0.4 is 0 Å². The standard InChI is InChI=1S/2C7H6O2.C4H10/c2*8-7(9)6-4-2-1-3-5-6;1-4(2)3/h2*1-5H,(H,8,9);4H,1-3H3. The van der Waals surface area contributed by atoms with Crippen LogP contribution in [0.4, 0.5) is 0 Å². The van der Waals surface area contributed by atoms with E-state index in [1.807, 2.05) is 0 Å². The highest BCUT2D eigenvalue weighted by Gasteiger charge is 1.97. The van der Waals surface area contributed by atoms with Crippen molar-refractivity contribution in [2.75, 3.05) is 0 Å². The number of carboxylic acid groups (broad SMARTS) is 2. The largest absolute Gasteiger partial charge is 0.478 e. The summed E-state index contributed by atoms with van der Waals surface area (Å²) < 4.78 is 0. The molecule has 0 heterocycles. The zero-order valence-electron chi connectivity index (χ0n) is 13.1. The quantitative estimate of drug-likeness (QED) is 0.860. The molecule has 0 radical (unpaired) electrons. The lowest BCUT2D eigenvalue weighted by molar-refractivity contribution is 0.0686. The van der Waals surface area contributed by atoms with Crippen molar-refractivity contribution in [3.8, 4) is 0 Å². The first-order chi connectivity index (χ1) is 10.3. The monoisotopic (exact) mass is 302 g/mol. The van der Waals surface area contributed by atoms with Crippen molar-refractivity contribution < 1.29 is 19.8 Å². The highest BCUT2D eigenvalue weighted by molar-refractivity contribution is 5.87. The molecule has 0 fully saturated rings. The van der Waals surface area contributed by atoms with E-state index in [1.165, 1.54) is 0 Å². The lowest BCUT2D eigenvalue weighted by Crippen LogP contribution is -1.93. The molecule has 0 aliphatic carbocycles. The third kappa shape index (κ3) is 10.2. The van der Waals surface area contributed by atoms with Crippen molar-refractivity contribution in [1.29, 1.82) is 0 Å². The van der Waals surface area contributed by atoms with Gasteiger partial charge in [-0.1, -0.05) is 57.2 Å². The predicted molar refractivity (Wildman–Crippen MR) is 87.3 cm³/mol. The van der Waals surface area contributed by atoms with Gasteiger partial charge in [-0.15, -0.1) is 0 Å². The first-order valence-electron chi connectivity index (χ1n) is 6.91. The zero-order chi connectivity index (χ0) is 17.0. The molecule has 2 N–H and O–H groups in total. The Bertz CT molecular complexity index is 496. The molecule has 0 atom stereocenters. The Hall–Kier alpha value is -2.62. The van der Waals surface area contributed by atoms with Crippen LogP contribution >= 0.6 is 0 Å². The van der Waals surface area contributed by atoms with Gasteiger partial charge in [0.25, 0.3) is 0 Å². The van der Waals surface area contributed by atoms with E-state index in [9.17, 15) is 9.59 Å². The van der Waals surface area contributed by atoms with E-state index in [0.29, 0.717) is 11.1 Å². The number of hydrogen-bond donors (Lipinski definition) is 2. The van der Waals surface area contributed by atoms with Crippen molar-refractivity contribution in [3.05, 3.63) is 71.8 Å². The van der Waals surface area contributed by atoms with Gasteiger partial charge in [-0.25, -0.2) is 9.59 Å². The average Bonchev–Trinajstić information content (AvgIpc) is 2.49. The maximum Gasteiger partial charge on any atom is 0.335 e. The van der Waals surface area contributed by atoms with Crippen molar-refractivity contribution in [2.45, 2.75) is 20.8 Å². The molecule has 2 aromatic carbocycles. The fraction of sp³-hybridized carbons (Fsp3) is 0.222. The number of hydrogen-bond acceptors (Lipinski definition) is 2. The molecule has 118 valence electrons. The van der Waals surface area contributed by atoms with Crippen molar-refractivity contribution in [3.63, 3.8) is 0 Å². The fourth-order valence-electron chi connectivity index (χ4n) is 1.16. The van der Waals surface area contributed by atoms with E-state index < -0.39 is 11.9 Å². The van der Waals surface area contributed by atoms with Crippen LogP contribution in [0.3, 0.4) is 0 Å². The molecule has 4 heteroatoms. The minimum atomic E-state index is -0.879. The first-order valence-corrected chi connectivity index (χ1v) is 6.91. The maximum absolute atomic E-state index is 10.2. The summed E-state index contributed by atoms with van der Waals surface area (Å²) in [5.74, 6) is -0.925. The normalized spacial score (nSPS) is 8.91. The minimum absolute atomic E-state index is 0.331. The summed E-state index contributed by atoms with van der Waals surface area (Å²) in [6, 6.07) is 16.6. The van der Waals surface area contributed by atoms with Crippen LogP contribution in [0.2, 0.25) is 0 Å². The van der Waals surface area contributed by atoms with Crippen LogP contribution in [0.5, 0.6) is 0 Å². The molecule has 0 bridgehead atoms. The van der Waals surface area contributed by atoms with Gasteiger partial charge in [0.1, 0.15) is 0 Å². The summed E-state index contributed by atoms with van der Waals surface area (Å²) in [5, 5.41) is 16.8. The van der Waals surface area contributed by atoms with Crippen molar-refractivity contribution in [2.24, 2.45) is 5.92 Å². The Labute approximate surface area is 131 Å². The molecule has 4 nitrogen and oxygen atoms in total. The summed E-state index contributed by atoms with van der Waals surface area (Å²) in [7, 11) is 0. The SMILES string of the molecule is CC(C)C.O=C(O)c1ccccc1.O=C(O)c1ccccc1. The van der Waals surface area contributed by atoms with Gasteiger partial charge in [0, 0.05) is 0 Å². The first kappa shape index (κ1) is 19.4. The van der Waals surface area contributed by atoms with Crippen molar-refractivity contribution >= 4 is 11.9 Å². The van der Waals surface area contributed by atoms with Gasteiger partial charge in [0.15, 0.2) is 0 Å². The van der Waals surface area contributed by atoms with E-state index in [-0.39, 0.29) is 0 Å².